The van der Waals surface area contributed by atoms with Crippen molar-refractivity contribution in [3.05, 3.63) is 51.7 Å². The van der Waals surface area contributed by atoms with Gasteiger partial charge in [-0.3, -0.25) is 9.59 Å². The van der Waals surface area contributed by atoms with Crippen molar-refractivity contribution in [2.24, 2.45) is 0 Å². The van der Waals surface area contributed by atoms with Crippen LogP contribution in [0.4, 0.5) is 5.00 Å². The number of carbonyl (C=O) groups is 3. The number of nitrogens with one attached hydrogen (secondary N) is 2. The normalized spacial score (nSPS) is 12.5. The van der Waals surface area contributed by atoms with E-state index in [1.54, 1.807) is 14.0 Å². The quantitative estimate of drug-likeness (QED) is 0.247. The van der Waals surface area contributed by atoms with Gasteiger partial charge in [-0.05, 0) is 62.8 Å². The summed E-state index contributed by atoms with van der Waals surface area (Å²) >= 11 is 2.73. The highest BCUT2D eigenvalue weighted by Crippen LogP contribution is 2.38. The molecule has 1 aliphatic rings. The molecule has 0 aliphatic heterocycles. The molecule has 10 nitrogen and oxygen atoms in total. The van der Waals surface area contributed by atoms with E-state index < -0.39 is 0 Å². The second-order valence-corrected chi connectivity index (χ2v) is 11.0. The lowest BCUT2D eigenvalue weighted by molar-refractivity contribution is -0.120. The van der Waals surface area contributed by atoms with Crippen LogP contribution in [0, 0.1) is 0 Å². The van der Waals surface area contributed by atoms with Crippen LogP contribution in [0.1, 0.15) is 58.9 Å². The van der Waals surface area contributed by atoms with Gasteiger partial charge in [-0.1, -0.05) is 23.9 Å². The standard InChI is InChI=1S/C27H33N5O5S2/c1-4-32-21(15-28-22(33)14-17-10-12-18(36-3)13-11-17)30-31-27(32)38-16-23(34)29-25-24(26(35)37-5-2)19-8-6-7-9-20(19)39-25/h10-13H,4-9,14-16H2,1-3H3,(H,28,33)(H,29,34). The molecule has 2 heterocycles. The average Bonchev–Trinajstić information content (AvgIpc) is 3.51. The largest absolute Gasteiger partial charge is 0.497 e. The maximum absolute atomic E-state index is 12.9. The number of thioether (sulfide) groups is 1. The summed E-state index contributed by atoms with van der Waals surface area (Å²) in [4.78, 5) is 39.1. The predicted molar refractivity (Wildman–Crippen MR) is 151 cm³/mol. The van der Waals surface area contributed by atoms with Gasteiger partial charge in [-0.25, -0.2) is 4.79 Å². The number of esters is 1. The topological polar surface area (TPSA) is 124 Å². The average molecular weight is 572 g/mol. The predicted octanol–water partition coefficient (Wildman–Crippen LogP) is 4.01. The Morgan fingerprint density at radius 2 is 1.85 bits per heavy atom. The lowest BCUT2D eigenvalue weighted by Crippen LogP contribution is -2.26. The van der Waals surface area contributed by atoms with Gasteiger partial charge in [-0.2, -0.15) is 0 Å². The molecule has 2 N–H and O–H groups in total. The maximum Gasteiger partial charge on any atom is 0.341 e. The second kappa shape index (κ2) is 13.6. The van der Waals surface area contributed by atoms with Crippen molar-refractivity contribution in [3.8, 4) is 5.75 Å². The van der Waals surface area contributed by atoms with Crippen LogP contribution in [0.2, 0.25) is 0 Å². The number of benzene rings is 1. The summed E-state index contributed by atoms with van der Waals surface area (Å²) in [5, 5.41) is 15.4. The fourth-order valence-electron chi connectivity index (χ4n) is 4.41. The third-order valence-corrected chi connectivity index (χ3v) is 8.49. The third-order valence-electron chi connectivity index (χ3n) is 6.31. The molecular weight excluding hydrogens is 538 g/mol. The van der Waals surface area contributed by atoms with Crippen molar-refractivity contribution < 1.29 is 23.9 Å². The van der Waals surface area contributed by atoms with Gasteiger partial charge in [0.25, 0.3) is 0 Å². The van der Waals surface area contributed by atoms with E-state index >= 15 is 0 Å². The minimum Gasteiger partial charge on any atom is -0.497 e. The first-order valence-electron chi connectivity index (χ1n) is 13.0. The van der Waals surface area contributed by atoms with E-state index in [9.17, 15) is 14.4 Å². The van der Waals surface area contributed by atoms with Crippen LogP contribution >= 0.6 is 23.1 Å². The Morgan fingerprint density at radius 3 is 2.56 bits per heavy atom. The Kier molecular flexibility index (Phi) is 9.99. The number of anilines is 1. The van der Waals surface area contributed by atoms with Gasteiger partial charge in [-0.15, -0.1) is 21.5 Å². The Morgan fingerprint density at radius 1 is 1.08 bits per heavy atom. The van der Waals surface area contributed by atoms with Crippen LogP contribution in [0.15, 0.2) is 29.4 Å². The van der Waals surface area contributed by atoms with E-state index in [1.165, 1.54) is 23.1 Å². The molecule has 0 atom stereocenters. The second-order valence-electron chi connectivity index (χ2n) is 8.92. The molecule has 3 aromatic rings. The van der Waals surface area contributed by atoms with Gasteiger partial charge in [0.05, 0.1) is 38.0 Å². The molecule has 4 rings (SSSR count). The third kappa shape index (κ3) is 7.18. The van der Waals surface area contributed by atoms with Gasteiger partial charge >= 0.3 is 5.97 Å². The van der Waals surface area contributed by atoms with Gasteiger partial charge in [0, 0.05) is 11.4 Å². The van der Waals surface area contributed by atoms with E-state index in [2.05, 4.69) is 20.8 Å². The van der Waals surface area contributed by atoms with E-state index in [-0.39, 0.29) is 43.1 Å². The Bertz CT molecular complexity index is 1320. The number of aromatic nitrogens is 3. The number of hydrogen-bond acceptors (Lipinski definition) is 9. The summed E-state index contributed by atoms with van der Waals surface area (Å²) < 4.78 is 12.3. The van der Waals surface area contributed by atoms with Crippen LogP contribution in [0.5, 0.6) is 5.75 Å². The van der Waals surface area contributed by atoms with Gasteiger partial charge in [0.1, 0.15) is 10.8 Å². The summed E-state index contributed by atoms with van der Waals surface area (Å²) in [7, 11) is 1.60. The molecule has 1 aromatic carbocycles. The minimum atomic E-state index is -0.385. The van der Waals surface area contributed by atoms with Crippen LogP contribution in [-0.4, -0.2) is 52.0 Å². The number of ether oxygens (including phenoxy) is 2. The molecule has 0 saturated carbocycles. The van der Waals surface area contributed by atoms with Gasteiger partial charge in [0.15, 0.2) is 11.0 Å². The number of nitrogens with zero attached hydrogens (tertiary/aromatic N) is 3. The zero-order chi connectivity index (χ0) is 27.8. The summed E-state index contributed by atoms with van der Waals surface area (Å²) in [5.74, 6) is 0.706. The Hall–Kier alpha value is -3.38. The van der Waals surface area contributed by atoms with E-state index in [0.29, 0.717) is 28.1 Å². The van der Waals surface area contributed by atoms with Crippen molar-refractivity contribution in [1.82, 2.24) is 20.1 Å². The number of carbonyl (C=O) groups excluding carboxylic acids is 3. The van der Waals surface area contributed by atoms with Crippen molar-refractivity contribution in [3.63, 3.8) is 0 Å². The number of aryl methyl sites for hydroxylation is 1. The molecule has 0 unspecified atom stereocenters. The highest BCUT2D eigenvalue weighted by atomic mass is 32.2. The number of rotatable bonds is 12. The maximum atomic E-state index is 12.9. The Balaban J connectivity index is 1.34. The molecular formula is C27H33N5O5S2. The van der Waals surface area contributed by atoms with Crippen LogP contribution < -0.4 is 15.4 Å². The number of methoxy groups -OCH3 is 1. The summed E-state index contributed by atoms with van der Waals surface area (Å²) in [5.41, 5.74) is 2.39. The van der Waals surface area contributed by atoms with E-state index in [0.717, 1.165) is 47.4 Å². The van der Waals surface area contributed by atoms with Crippen molar-refractivity contribution in [2.75, 3.05) is 24.8 Å². The van der Waals surface area contributed by atoms with Crippen molar-refractivity contribution in [1.29, 1.82) is 0 Å². The monoisotopic (exact) mass is 571 g/mol. The highest BCUT2D eigenvalue weighted by molar-refractivity contribution is 7.99. The lowest BCUT2D eigenvalue weighted by Gasteiger charge is -2.12. The van der Waals surface area contributed by atoms with E-state index in [1.807, 2.05) is 35.8 Å². The molecule has 0 fully saturated rings. The van der Waals surface area contributed by atoms with Crippen molar-refractivity contribution >= 4 is 45.9 Å². The zero-order valence-electron chi connectivity index (χ0n) is 22.4. The highest BCUT2D eigenvalue weighted by Gasteiger charge is 2.27. The molecule has 0 bridgehead atoms. The fourth-order valence-corrected chi connectivity index (χ4v) is 6.52. The summed E-state index contributed by atoms with van der Waals surface area (Å²) in [6.45, 7) is 4.83. The van der Waals surface area contributed by atoms with Gasteiger partial charge < -0.3 is 24.7 Å². The first-order chi connectivity index (χ1) is 18.9. The Labute approximate surface area is 235 Å². The van der Waals surface area contributed by atoms with E-state index in [4.69, 9.17) is 9.47 Å². The van der Waals surface area contributed by atoms with Gasteiger partial charge in [0.2, 0.25) is 11.8 Å². The summed E-state index contributed by atoms with van der Waals surface area (Å²) in [6, 6.07) is 7.35. The molecule has 1 aliphatic carbocycles. The SMILES string of the molecule is CCOC(=O)c1c(NC(=O)CSc2nnc(CNC(=O)Cc3ccc(OC)cc3)n2CC)sc2c1CCCC2. The number of thiophene rings is 1. The van der Waals surface area contributed by atoms with Crippen molar-refractivity contribution in [2.45, 2.75) is 64.2 Å². The number of hydrogen-bond donors (Lipinski definition) is 2. The zero-order valence-corrected chi connectivity index (χ0v) is 24.0. The lowest BCUT2D eigenvalue weighted by atomic mass is 9.95. The number of amides is 2. The molecule has 208 valence electrons. The van der Waals surface area contributed by atoms with Crippen LogP contribution in [0.25, 0.3) is 0 Å². The molecule has 2 aromatic heterocycles. The molecule has 0 radical (unpaired) electrons. The molecule has 39 heavy (non-hydrogen) atoms. The van der Waals surface area contributed by atoms with Crippen LogP contribution in [-0.2, 0) is 46.7 Å². The molecule has 0 saturated heterocycles. The molecule has 12 heteroatoms. The number of fused-ring (bicyclic) bond motifs is 1. The fraction of sp³-hybridized carbons (Fsp3) is 0.444. The van der Waals surface area contributed by atoms with Crippen LogP contribution in [0.3, 0.4) is 0 Å². The summed E-state index contributed by atoms with van der Waals surface area (Å²) in [6.07, 6.45) is 4.08. The molecule has 0 spiro atoms. The smallest absolute Gasteiger partial charge is 0.341 e. The first kappa shape index (κ1) is 28.6. The minimum absolute atomic E-state index is 0.104. The first-order valence-corrected chi connectivity index (χ1v) is 14.8. The molecule has 2 amide bonds.